The van der Waals surface area contributed by atoms with Gasteiger partial charge in [-0.25, -0.2) is 13.8 Å². The minimum Gasteiger partial charge on any atom is -0.355 e. The lowest BCUT2D eigenvalue weighted by atomic mass is 9.94. The number of hydrogen-bond acceptors (Lipinski definition) is 3. The number of hydrogen-bond donors (Lipinski definition) is 1. The third kappa shape index (κ3) is 3.66. The van der Waals surface area contributed by atoms with Crippen molar-refractivity contribution in [1.29, 1.82) is 0 Å². The molecule has 1 aromatic heterocycles. The standard InChI is InChI=1S/C23H19F2N3O2/c1-26-22(29)17-7-5-15(13-20(17)25)11-14-4-6-16-8-10-28(23(30)18(16)12-14)21-19(24)3-2-9-27-21/h2-7,9,12-13H,8,10-11H2,1H3,(H,26,29). The summed E-state index contributed by atoms with van der Waals surface area (Å²) in [6.45, 7) is 0.352. The first-order valence-corrected chi connectivity index (χ1v) is 9.52. The van der Waals surface area contributed by atoms with Crippen molar-refractivity contribution < 1.29 is 18.4 Å². The summed E-state index contributed by atoms with van der Waals surface area (Å²) in [6, 6.07) is 12.7. The number of fused-ring (bicyclic) bond motifs is 1. The Kier molecular flexibility index (Phi) is 5.27. The maximum Gasteiger partial charge on any atom is 0.259 e. The molecule has 152 valence electrons. The molecule has 0 unspecified atom stereocenters. The topological polar surface area (TPSA) is 62.3 Å². The maximum atomic E-state index is 14.2. The van der Waals surface area contributed by atoms with Gasteiger partial charge in [0.05, 0.1) is 5.56 Å². The fraction of sp³-hybridized carbons (Fsp3) is 0.174. The molecule has 1 aliphatic rings. The highest BCUT2D eigenvalue weighted by Gasteiger charge is 2.28. The van der Waals surface area contributed by atoms with Crippen LogP contribution < -0.4 is 10.2 Å². The predicted octanol–water partition coefficient (Wildman–Crippen LogP) is 3.51. The smallest absolute Gasteiger partial charge is 0.259 e. The molecule has 0 atom stereocenters. The molecule has 0 bridgehead atoms. The number of benzene rings is 2. The predicted molar refractivity (Wildman–Crippen MR) is 109 cm³/mol. The van der Waals surface area contributed by atoms with Gasteiger partial charge in [-0.05, 0) is 59.9 Å². The Hall–Kier alpha value is -3.61. The average Bonchev–Trinajstić information content (AvgIpc) is 2.75. The maximum absolute atomic E-state index is 14.2. The molecule has 7 heteroatoms. The lowest BCUT2D eigenvalue weighted by Gasteiger charge is -2.28. The van der Waals surface area contributed by atoms with Gasteiger partial charge in [-0.15, -0.1) is 0 Å². The zero-order chi connectivity index (χ0) is 21.3. The summed E-state index contributed by atoms with van der Waals surface area (Å²) in [4.78, 5) is 30.0. The van der Waals surface area contributed by atoms with Crippen LogP contribution in [0.25, 0.3) is 0 Å². The number of aromatic nitrogens is 1. The Morgan fingerprint density at radius 3 is 2.60 bits per heavy atom. The molecule has 0 saturated carbocycles. The fourth-order valence-corrected chi connectivity index (χ4v) is 3.63. The molecule has 3 aromatic rings. The highest BCUT2D eigenvalue weighted by molar-refractivity contribution is 6.07. The van der Waals surface area contributed by atoms with Gasteiger partial charge in [-0.2, -0.15) is 0 Å². The molecule has 0 saturated heterocycles. The van der Waals surface area contributed by atoms with E-state index in [1.165, 1.54) is 42.4 Å². The number of amides is 2. The van der Waals surface area contributed by atoms with Crippen LogP contribution in [0, 0.1) is 11.6 Å². The van der Waals surface area contributed by atoms with Gasteiger partial charge >= 0.3 is 0 Å². The quantitative estimate of drug-likeness (QED) is 0.720. The van der Waals surface area contributed by atoms with Crippen LogP contribution in [-0.4, -0.2) is 30.4 Å². The molecule has 4 rings (SSSR count). The van der Waals surface area contributed by atoms with Gasteiger partial charge in [0.15, 0.2) is 11.6 Å². The van der Waals surface area contributed by atoms with Crippen LogP contribution in [0.1, 0.15) is 37.4 Å². The molecule has 2 amide bonds. The zero-order valence-corrected chi connectivity index (χ0v) is 16.3. The van der Waals surface area contributed by atoms with Crippen LogP contribution in [0.4, 0.5) is 14.6 Å². The Labute approximate surface area is 172 Å². The van der Waals surface area contributed by atoms with E-state index in [4.69, 9.17) is 0 Å². The molecule has 2 heterocycles. The van der Waals surface area contributed by atoms with Crippen molar-refractivity contribution in [2.24, 2.45) is 0 Å². The Bertz CT molecular complexity index is 1150. The Morgan fingerprint density at radius 2 is 1.87 bits per heavy atom. The van der Waals surface area contributed by atoms with E-state index in [0.29, 0.717) is 30.5 Å². The van der Waals surface area contributed by atoms with Crippen LogP contribution in [0.5, 0.6) is 0 Å². The number of carbonyl (C=O) groups is 2. The third-order valence-corrected chi connectivity index (χ3v) is 5.16. The van der Waals surface area contributed by atoms with Crippen LogP contribution in [0.2, 0.25) is 0 Å². The normalized spacial score (nSPS) is 13.2. The molecule has 1 N–H and O–H groups in total. The molecule has 0 spiro atoms. The van der Waals surface area contributed by atoms with Crippen LogP contribution in [0.3, 0.4) is 0 Å². The van der Waals surface area contributed by atoms with Crippen LogP contribution >= 0.6 is 0 Å². The zero-order valence-electron chi connectivity index (χ0n) is 16.3. The van der Waals surface area contributed by atoms with Gasteiger partial charge in [0, 0.05) is 25.4 Å². The van der Waals surface area contributed by atoms with Gasteiger partial charge in [0.2, 0.25) is 0 Å². The van der Waals surface area contributed by atoms with Crippen molar-refractivity contribution in [2.45, 2.75) is 12.8 Å². The number of nitrogens with one attached hydrogen (secondary N) is 1. The minimum absolute atomic E-state index is 0.0186. The third-order valence-electron chi connectivity index (χ3n) is 5.16. The van der Waals surface area contributed by atoms with Crippen molar-refractivity contribution in [2.75, 3.05) is 18.5 Å². The second kappa shape index (κ2) is 8.02. The number of pyridine rings is 1. The molecular weight excluding hydrogens is 388 g/mol. The summed E-state index contributed by atoms with van der Waals surface area (Å²) in [5.74, 6) is -1.92. The van der Waals surface area contributed by atoms with Gasteiger partial charge in [0.25, 0.3) is 11.8 Å². The van der Waals surface area contributed by atoms with E-state index in [9.17, 15) is 18.4 Å². The second-order valence-corrected chi connectivity index (χ2v) is 7.08. The van der Waals surface area contributed by atoms with Crippen LogP contribution in [-0.2, 0) is 12.8 Å². The Morgan fingerprint density at radius 1 is 1.10 bits per heavy atom. The molecule has 1 aliphatic heterocycles. The lowest BCUT2D eigenvalue weighted by Crippen LogP contribution is -2.38. The largest absolute Gasteiger partial charge is 0.355 e. The van der Waals surface area contributed by atoms with Crippen molar-refractivity contribution in [3.05, 3.63) is 94.2 Å². The summed E-state index contributed by atoms with van der Waals surface area (Å²) < 4.78 is 28.4. The molecule has 2 aromatic carbocycles. The summed E-state index contributed by atoms with van der Waals surface area (Å²) >= 11 is 0. The summed E-state index contributed by atoms with van der Waals surface area (Å²) in [7, 11) is 1.44. The molecule has 0 aliphatic carbocycles. The molecule has 0 fully saturated rings. The van der Waals surface area contributed by atoms with E-state index in [0.717, 1.165) is 11.1 Å². The van der Waals surface area contributed by atoms with Crippen molar-refractivity contribution in [3.8, 4) is 0 Å². The van der Waals surface area contributed by atoms with E-state index in [-0.39, 0.29) is 17.3 Å². The van der Waals surface area contributed by atoms with Gasteiger partial charge in [0.1, 0.15) is 5.82 Å². The molecule has 0 radical (unpaired) electrons. The minimum atomic E-state index is -0.599. The monoisotopic (exact) mass is 407 g/mol. The van der Waals surface area contributed by atoms with Crippen molar-refractivity contribution in [1.82, 2.24) is 10.3 Å². The molecular formula is C23H19F2N3O2. The number of rotatable bonds is 4. The first-order valence-electron chi connectivity index (χ1n) is 9.52. The average molecular weight is 407 g/mol. The van der Waals surface area contributed by atoms with Crippen LogP contribution in [0.15, 0.2) is 54.7 Å². The van der Waals surface area contributed by atoms with E-state index in [1.54, 1.807) is 12.1 Å². The van der Waals surface area contributed by atoms with E-state index >= 15 is 0 Å². The SMILES string of the molecule is CNC(=O)c1ccc(Cc2ccc3c(c2)C(=O)N(c2ncccc2F)CC3)cc1F. The van der Waals surface area contributed by atoms with Gasteiger partial charge in [-0.1, -0.05) is 18.2 Å². The van der Waals surface area contributed by atoms with Gasteiger partial charge in [-0.3, -0.25) is 14.5 Å². The summed E-state index contributed by atoms with van der Waals surface area (Å²) in [5.41, 5.74) is 2.85. The highest BCUT2D eigenvalue weighted by Crippen LogP contribution is 2.26. The van der Waals surface area contributed by atoms with Crippen molar-refractivity contribution in [3.63, 3.8) is 0 Å². The molecule has 5 nitrogen and oxygen atoms in total. The Balaban J connectivity index is 1.60. The second-order valence-electron chi connectivity index (χ2n) is 7.08. The van der Waals surface area contributed by atoms with E-state index in [2.05, 4.69) is 10.3 Å². The lowest BCUT2D eigenvalue weighted by molar-refractivity contribution is 0.0956. The fourth-order valence-electron chi connectivity index (χ4n) is 3.63. The number of halogens is 2. The number of carbonyl (C=O) groups excluding carboxylic acids is 2. The highest BCUT2D eigenvalue weighted by atomic mass is 19.1. The van der Waals surface area contributed by atoms with Gasteiger partial charge < -0.3 is 5.32 Å². The van der Waals surface area contributed by atoms with E-state index in [1.807, 2.05) is 12.1 Å². The van der Waals surface area contributed by atoms with Crippen molar-refractivity contribution >= 4 is 17.6 Å². The summed E-state index contributed by atoms with van der Waals surface area (Å²) in [6.07, 6.45) is 2.44. The number of nitrogens with zero attached hydrogens (tertiary/aromatic N) is 2. The molecule has 30 heavy (non-hydrogen) atoms. The first kappa shape index (κ1) is 19.7. The van der Waals surface area contributed by atoms with E-state index < -0.39 is 17.5 Å². The summed E-state index contributed by atoms with van der Waals surface area (Å²) in [5, 5.41) is 2.40. The number of anilines is 1. The first-order chi connectivity index (χ1) is 14.5.